The molecule has 1 atom stereocenters. The van der Waals surface area contributed by atoms with Crippen molar-refractivity contribution in [2.24, 2.45) is 11.7 Å². The van der Waals surface area contributed by atoms with Crippen LogP contribution < -0.4 is 15.8 Å². The van der Waals surface area contributed by atoms with E-state index in [4.69, 9.17) is 15.0 Å². The van der Waals surface area contributed by atoms with Crippen LogP contribution in [0.15, 0.2) is 28.8 Å². The summed E-state index contributed by atoms with van der Waals surface area (Å²) in [6.45, 7) is 3.92. The molecule has 1 aromatic carbocycles. The van der Waals surface area contributed by atoms with Crippen molar-refractivity contribution in [2.75, 3.05) is 7.11 Å². The number of aromatic nitrogens is 2. The average Bonchev–Trinajstić information content (AvgIpc) is 3.00. The van der Waals surface area contributed by atoms with Crippen LogP contribution in [0.25, 0.3) is 11.4 Å². The minimum Gasteiger partial charge on any atom is -0.497 e. The monoisotopic (exact) mass is 340 g/mol. The molecule has 0 saturated carbocycles. The first kappa shape index (κ1) is 18.9. The van der Waals surface area contributed by atoms with Crippen LogP contribution in [0.3, 0.4) is 0 Å². The zero-order valence-corrected chi connectivity index (χ0v) is 14.1. The van der Waals surface area contributed by atoms with Crippen LogP contribution in [0.1, 0.15) is 19.7 Å². The highest BCUT2D eigenvalue weighted by Gasteiger charge is 2.18. The lowest BCUT2D eigenvalue weighted by Crippen LogP contribution is -2.43. The molecule has 0 bridgehead atoms. The fraction of sp³-hybridized carbons (Fsp3) is 0.400. The van der Waals surface area contributed by atoms with E-state index < -0.39 is 6.04 Å². The van der Waals surface area contributed by atoms with Gasteiger partial charge in [0, 0.05) is 5.56 Å². The van der Waals surface area contributed by atoms with Crippen LogP contribution in [-0.2, 0) is 11.3 Å². The number of nitrogens with one attached hydrogen (secondary N) is 1. The molecule has 0 spiro atoms. The average molecular weight is 341 g/mol. The molecule has 2 aromatic rings. The summed E-state index contributed by atoms with van der Waals surface area (Å²) in [6, 6.07) is 6.78. The Morgan fingerprint density at radius 3 is 2.83 bits per heavy atom. The van der Waals surface area contributed by atoms with Gasteiger partial charge in [-0.05, 0) is 18.1 Å². The van der Waals surface area contributed by atoms with Crippen LogP contribution >= 0.6 is 12.4 Å². The molecule has 0 aliphatic carbocycles. The van der Waals surface area contributed by atoms with E-state index in [0.717, 1.165) is 5.56 Å². The van der Waals surface area contributed by atoms with E-state index in [2.05, 4.69) is 15.5 Å². The van der Waals surface area contributed by atoms with Crippen molar-refractivity contribution < 1.29 is 14.1 Å². The van der Waals surface area contributed by atoms with Gasteiger partial charge in [-0.1, -0.05) is 31.1 Å². The van der Waals surface area contributed by atoms with Crippen molar-refractivity contribution in [1.29, 1.82) is 0 Å². The van der Waals surface area contributed by atoms with Gasteiger partial charge in [0.05, 0.1) is 19.7 Å². The molecule has 0 aliphatic rings. The number of carbonyl (C=O) groups excluding carboxylic acids is 1. The summed E-state index contributed by atoms with van der Waals surface area (Å²) in [6.07, 6.45) is 0. The summed E-state index contributed by atoms with van der Waals surface area (Å²) < 4.78 is 10.3. The van der Waals surface area contributed by atoms with Crippen LogP contribution in [-0.4, -0.2) is 29.2 Å². The summed E-state index contributed by atoms with van der Waals surface area (Å²) in [5, 5.41) is 6.58. The first-order chi connectivity index (χ1) is 10.5. The van der Waals surface area contributed by atoms with E-state index in [1.54, 1.807) is 7.11 Å². The number of amides is 1. The highest BCUT2D eigenvalue weighted by atomic mass is 35.5. The second-order valence-electron chi connectivity index (χ2n) is 5.23. The number of benzene rings is 1. The zero-order valence-electron chi connectivity index (χ0n) is 13.3. The second-order valence-corrected chi connectivity index (χ2v) is 5.23. The molecular weight excluding hydrogens is 320 g/mol. The van der Waals surface area contributed by atoms with Crippen molar-refractivity contribution in [1.82, 2.24) is 15.5 Å². The SMILES string of the molecule is COc1cccc(-c2noc(CNC(=O)[C@@H](N)C(C)C)n2)c1.Cl. The van der Waals surface area contributed by atoms with E-state index in [1.165, 1.54) is 0 Å². The number of hydrogen-bond donors (Lipinski definition) is 2. The third-order valence-electron chi connectivity index (χ3n) is 3.23. The molecule has 1 amide bonds. The van der Waals surface area contributed by atoms with Crippen LogP contribution in [0.5, 0.6) is 5.75 Å². The number of nitrogens with two attached hydrogens (primary N) is 1. The lowest BCUT2D eigenvalue weighted by Gasteiger charge is -2.14. The van der Waals surface area contributed by atoms with Gasteiger partial charge in [0.15, 0.2) is 0 Å². The van der Waals surface area contributed by atoms with Gasteiger partial charge in [0.25, 0.3) is 0 Å². The molecular formula is C15H21ClN4O3. The Morgan fingerprint density at radius 2 is 2.17 bits per heavy atom. The van der Waals surface area contributed by atoms with Crippen LogP contribution in [0.2, 0.25) is 0 Å². The number of ether oxygens (including phenoxy) is 1. The fourth-order valence-corrected chi connectivity index (χ4v) is 1.79. The fourth-order valence-electron chi connectivity index (χ4n) is 1.79. The molecule has 126 valence electrons. The van der Waals surface area contributed by atoms with Crippen LogP contribution in [0.4, 0.5) is 0 Å². The van der Waals surface area contributed by atoms with Gasteiger partial charge in [-0.25, -0.2) is 0 Å². The number of rotatable bonds is 6. The first-order valence-electron chi connectivity index (χ1n) is 7.01. The highest BCUT2D eigenvalue weighted by Crippen LogP contribution is 2.21. The quantitative estimate of drug-likeness (QED) is 0.830. The molecule has 1 heterocycles. The Kier molecular flexibility index (Phi) is 6.99. The predicted octanol–water partition coefficient (Wildman–Crippen LogP) is 1.77. The molecule has 1 aromatic heterocycles. The van der Waals surface area contributed by atoms with E-state index in [9.17, 15) is 4.79 Å². The number of halogens is 1. The van der Waals surface area contributed by atoms with Crippen molar-refractivity contribution in [3.8, 4) is 17.1 Å². The van der Waals surface area contributed by atoms with Gasteiger partial charge >= 0.3 is 0 Å². The Morgan fingerprint density at radius 1 is 1.43 bits per heavy atom. The minimum atomic E-state index is -0.555. The Labute approximate surface area is 141 Å². The summed E-state index contributed by atoms with van der Waals surface area (Å²) in [7, 11) is 1.59. The number of carbonyl (C=O) groups is 1. The van der Waals surface area contributed by atoms with E-state index in [1.807, 2.05) is 38.1 Å². The molecule has 8 heteroatoms. The van der Waals surface area contributed by atoms with Gasteiger partial charge in [0.1, 0.15) is 5.75 Å². The molecule has 23 heavy (non-hydrogen) atoms. The van der Waals surface area contributed by atoms with Crippen molar-refractivity contribution in [3.05, 3.63) is 30.2 Å². The number of methoxy groups -OCH3 is 1. The van der Waals surface area contributed by atoms with Gasteiger partial charge in [-0.15, -0.1) is 12.4 Å². The third-order valence-corrected chi connectivity index (χ3v) is 3.23. The molecule has 0 aliphatic heterocycles. The topological polar surface area (TPSA) is 103 Å². The maximum atomic E-state index is 11.8. The summed E-state index contributed by atoms with van der Waals surface area (Å²) >= 11 is 0. The summed E-state index contributed by atoms with van der Waals surface area (Å²) in [5.74, 6) is 1.30. The van der Waals surface area contributed by atoms with Gasteiger partial charge < -0.3 is 20.3 Å². The second kappa shape index (κ2) is 8.50. The molecule has 0 radical (unpaired) electrons. The van der Waals surface area contributed by atoms with E-state index in [0.29, 0.717) is 17.5 Å². The standard InChI is InChI=1S/C15H20N4O3.ClH/c1-9(2)13(16)15(20)17-8-12-18-14(19-22-12)10-5-4-6-11(7-10)21-3;/h4-7,9,13H,8,16H2,1-3H3,(H,17,20);1H/t13-;/m0./s1. The van der Waals surface area contributed by atoms with E-state index in [-0.39, 0.29) is 30.8 Å². The number of nitrogens with zero attached hydrogens (tertiary/aromatic N) is 2. The third kappa shape index (κ3) is 4.94. The lowest BCUT2D eigenvalue weighted by molar-refractivity contribution is -0.123. The Bertz CT molecular complexity index is 645. The minimum absolute atomic E-state index is 0. The molecule has 0 saturated heterocycles. The Hall–Kier alpha value is -2.12. The van der Waals surface area contributed by atoms with Gasteiger partial charge in [-0.3, -0.25) is 4.79 Å². The smallest absolute Gasteiger partial charge is 0.246 e. The molecule has 7 nitrogen and oxygen atoms in total. The van der Waals surface area contributed by atoms with Gasteiger partial charge in [0.2, 0.25) is 17.6 Å². The maximum Gasteiger partial charge on any atom is 0.246 e. The first-order valence-corrected chi connectivity index (χ1v) is 7.01. The van der Waals surface area contributed by atoms with Crippen LogP contribution in [0, 0.1) is 5.92 Å². The summed E-state index contributed by atoms with van der Waals surface area (Å²) in [4.78, 5) is 16.0. The molecule has 0 unspecified atom stereocenters. The highest BCUT2D eigenvalue weighted by molar-refractivity contribution is 5.85. The lowest BCUT2D eigenvalue weighted by atomic mass is 10.1. The summed E-state index contributed by atoms with van der Waals surface area (Å²) in [5.41, 5.74) is 6.54. The van der Waals surface area contributed by atoms with Crippen molar-refractivity contribution in [3.63, 3.8) is 0 Å². The molecule has 2 rings (SSSR count). The molecule has 0 fully saturated rings. The van der Waals surface area contributed by atoms with E-state index >= 15 is 0 Å². The Balaban J connectivity index is 0.00000264. The van der Waals surface area contributed by atoms with Gasteiger partial charge in [-0.2, -0.15) is 4.98 Å². The van der Waals surface area contributed by atoms with Crippen molar-refractivity contribution in [2.45, 2.75) is 26.4 Å². The maximum absolute atomic E-state index is 11.8. The predicted molar refractivity (Wildman–Crippen MR) is 88.2 cm³/mol. The van der Waals surface area contributed by atoms with Crippen molar-refractivity contribution >= 4 is 18.3 Å². The largest absolute Gasteiger partial charge is 0.497 e. The molecule has 3 N–H and O–H groups in total. The number of hydrogen-bond acceptors (Lipinski definition) is 6. The zero-order chi connectivity index (χ0) is 16.1. The normalized spacial score (nSPS) is 11.7.